The van der Waals surface area contributed by atoms with E-state index >= 15 is 0 Å². The summed E-state index contributed by atoms with van der Waals surface area (Å²) >= 11 is 0. The molecule has 0 spiro atoms. The van der Waals surface area contributed by atoms with Crippen LogP contribution >= 0.6 is 0 Å². The second-order valence-electron chi connectivity index (χ2n) is 3.54. The number of aliphatic hydroxyl groups excluding tert-OH is 1. The number of hydrogen-bond acceptors (Lipinski definition) is 5. The number of methoxy groups -OCH3 is 1. The Kier molecular flexibility index (Phi) is 4.49. The van der Waals surface area contributed by atoms with Crippen LogP contribution in [0.2, 0.25) is 0 Å². The smallest absolute Gasteiger partial charge is 0.330 e. The zero-order valence-corrected chi connectivity index (χ0v) is 9.73. The second kappa shape index (κ2) is 5.87. The molecule has 0 bridgehead atoms. The maximum absolute atomic E-state index is 11.3. The van der Waals surface area contributed by atoms with Crippen LogP contribution in [0.25, 0.3) is 0 Å². The van der Waals surface area contributed by atoms with Crippen molar-refractivity contribution in [3.05, 3.63) is 29.3 Å². The fourth-order valence-electron chi connectivity index (χ4n) is 1.40. The van der Waals surface area contributed by atoms with Gasteiger partial charge >= 0.3 is 5.97 Å². The monoisotopic (exact) mass is 234 g/mol. The first-order valence-corrected chi connectivity index (χ1v) is 5.08. The molecule has 0 fully saturated rings. The number of hydrogen-bond donors (Lipinski definition) is 2. The van der Waals surface area contributed by atoms with Crippen LogP contribution < -0.4 is 5.32 Å². The molecule has 5 heteroatoms. The Morgan fingerprint density at radius 2 is 2.35 bits per heavy atom. The minimum Gasteiger partial charge on any atom is -0.467 e. The van der Waals surface area contributed by atoms with Gasteiger partial charge in [0.05, 0.1) is 25.3 Å². The maximum atomic E-state index is 11.3. The summed E-state index contributed by atoms with van der Waals surface area (Å²) in [6.07, 6.45) is 0. The Balaban J connectivity index is 2.87. The maximum Gasteiger partial charge on any atom is 0.330 e. The van der Waals surface area contributed by atoms with Gasteiger partial charge in [-0.2, -0.15) is 5.26 Å². The topological polar surface area (TPSA) is 82.3 Å². The summed E-state index contributed by atoms with van der Waals surface area (Å²) in [5, 5.41) is 20.7. The lowest BCUT2D eigenvalue weighted by molar-refractivity contribution is -0.142. The van der Waals surface area contributed by atoms with E-state index < -0.39 is 12.0 Å². The third kappa shape index (κ3) is 3.20. The van der Waals surface area contributed by atoms with Crippen LogP contribution in [0.15, 0.2) is 18.2 Å². The van der Waals surface area contributed by atoms with E-state index in [-0.39, 0.29) is 6.61 Å². The van der Waals surface area contributed by atoms with E-state index in [1.165, 1.54) is 7.11 Å². The molecule has 1 atom stereocenters. The van der Waals surface area contributed by atoms with Crippen molar-refractivity contribution in [2.45, 2.75) is 13.0 Å². The van der Waals surface area contributed by atoms with Gasteiger partial charge < -0.3 is 15.2 Å². The average Bonchev–Trinajstić information content (AvgIpc) is 2.36. The molecule has 90 valence electrons. The van der Waals surface area contributed by atoms with Crippen molar-refractivity contribution in [2.75, 3.05) is 19.0 Å². The van der Waals surface area contributed by atoms with Gasteiger partial charge in [0.1, 0.15) is 6.04 Å². The van der Waals surface area contributed by atoms with Gasteiger partial charge in [-0.1, -0.05) is 0 Å². The Bertz CT molecular complexity index is 452. The second-order valence-corrected chi connectivity index (χ2v) is 3.54. The quantitative estimate of drug-likeness (QED) is 0.753. The van der Waals surface area contributed by atoms with Crippen LogP contribution in [0.5, 0.6) is 0 Å². The molecule has 0 aliphatic carbocycles. The Morgan fingerprint density at radius 1 is 1.65 bits per heavy atom. The number of rotatable bonds is 4. The number of esters is 1. The number of nitrogens with zero attached hydrogens (tertiary/aromatic N) is 1. The predicted molar refractivity (Wildman–Crippen MR) is 62.4 cm³/mol. The van der Waals surface area contributed by atoms with E-state index in [0.29, 0.717) is 11.3 Å². The number of nitriles is 1. The standard InChI is InChI=1S/C12H14N2O3/c1-8-5-9(6-13)3-4-10(8)14-11(7-15)12(16)17-2/h3-5,11,14-15H,7H2,1-2H3. The molecule has 0 aromatic heterocycles. The third-order valence-corrected chi connectivity index (χ3v) is 2.35. The van der Waals surface area contributed by atoms with Crippen molar-refractivity contribution < 1.29 is 14.6 Å². The van der Waals surface area contributed by atoms with Crippen molar-refractivity contribution in [3.63, 3.8) is 0 Å². The number of aliphatic hydroxyl groups is 1. The van der Waals surface area contributed by atoms with E-state index in [1.54, 1.807) is 18.2 Å². The van der Waals surface area contributed by atoms with Gasteiger partial charge in [0.25, 0.3) is 0 Å². The third-order valence-electron chi connectivity index (χ3n) is 2.35. The van der Waals surface area contributed by atoms with Gasteiger partial charge in [-0.3, -0.25) is 0 Å². The van der Waals surface area contributed by atoms with E-state index in [9.17, 15) is 4.79 Å². The SMILES string of the molecule is COC(=O)C(CO)Nc1ccc(C#N)cc1C. The Hall–Kier alpha value is -2.06. The zero-order chi connectivity index (χ0) is 12.8. The van der Waals surface area contributed by atoms with Crippen LogP contribution in [0.1, 0.15) is 11.1 Å². The Morgan fingerprint density at radius 3 is 2.82 bits per heavy atom. The number of aryl methyl sites for hydroxylation is 1. The minimum atomic E-state index is -0.799. The van der Waals surface area contributed by atoms with Crippen LogP contribution in [0, 0.1) is 18.3 Å². The number of carbonyl (C=O) groups is 1. The molecule has 0 saturated heterocycles. The van der Waals surface area contributed by atoms with Crippen LogP contribution in [0.4, 0.5) is 5.69 Å². The molecule has 0 aliphatic rings. The molecule has 1 aromatic rings. The van der Waals surface area contributed by atoms with E-state index in [0.717, 1.165) is 5.56 Å². The summed E-state index contributed by atoms with van der Waals surface area (Å²) in [7, 11) is 1.26. The van der Waals surface area contributed by atoms with Gasteiger partial charge in [-0.05, 0) is 30.7 Å². The van der Waals surface area contributed by atoms with E-state index in [2.05, 4.69) is 10.1 Å². The molecule has 1 aromatic carbocycles. The minimum absolute atomic E-state index is 0.355. The lowest BCUT2D eigenvalue weighted by atomic mass is 10.1. The summed E-state index contributed by atoms with van der Waals surface area (Å²) in [5.41, 5.74) is 2.06. The summed E-state index contributed by atoms with van der Waals surface area (Å²) in [6, 6.07) is 6.26. The highest BCUT2D eigenvalue weighted by Gasteiger charge is 2.18. The van der Waals surface area contributed by atoms with Crippen molar-refractivity contribution >= 4 is 11.7 Å². The molecular weight excluding hydrogens is 220 g/mol. The molecule has 0 aliphatic heterocycles. The first kappa shape index (κ1) is 13.0. The molecule has 5 nitrogen and oxygen atoms in total. The summed E-state index contributed by atoms with van der Waals surface area (Å²) < 4.78 is 4.55. The molecule has 1 unspecified atom stereocenters. The lowest BCUT2D eigenvalue weighted by Crippen LogP contribution is -2.34. The molecule has 1 rings (SSSR count). The molecule has 0 saturated carbocycles. The molecular formula is C12H14N2O3. The van der Waals surface area contributed by atoms with Gasteiger partial charge in [-0.25, -0.2) is 4.79 Å². The van der Waals surface area contributed by atoms with E-state index in [4.69, 9.17) is 10.4 Å². The number of anilines is 1. The fraction of sp³-hybridized carbons (Fsp3) is 0.333. The van der Waals surface area contributed by atoms with Crippen molar-refractivity contribution in [1.29, 1.82) is 5.26 Å². The highest BCUT2D eigenvalue weighted by molar-refractivity contribution is 5.79. The average molecular weight is 234 g/mol. The van der Waals surface area contributed by atoms with Crippen molar-refractivity contribution in [1.82, 2.24) is 0 Å². The summed E-state index contributed by atoms with van der Waals surface area (Å²) in [6.45, 7) is 1.46. The van der Waals surface area contributed by atoms with Gasteiger partial charge in [0.2, 0.25) is 0 Å². The number of carbonyl (C=O) groups excluding carboxylic acids is 1. The summed E-state index contributed by atoms with van der Waals surface area (Å²) in [4.78, 5) is 11.3. The van der Waals surface area contributed by atoms with Gasteiger partial charge in [-0.15, -0.1) is 0 Å². The van der Waals surface area contributed by atoms with E-state index in [1.807, 2.05) is 13.0 Å². The van der Waals surface area contributed by atoms with Crippen LogP contribution in [-0.4, -0.2) is 30.8 Å². The fourth-order valence-corrected chi connectivity index (χ4v) is 1.40. The number of benzene rings is 1. The molecule has 17 heavy (non-hydrogen) atoms. The van der Waals surface area contributed by atoms with Crippen LogP contribution in [-0.2, 0) is 9.53 Å². The zero-order valence-electron chi connectivity index (χ0n) is 9.73. The number of ether oxygens (including phenoxy) is 1. The van der Waals surface area contributed by atoms with Crippen molar-refractivity contribution in [2.24, 2.45) is 0 Å². The molecule has 0 heterocycles. The highest BCUT2D eigenvalue weighted by Crippen LogP contribution is 2.17. The predicted octanol–water partition coefficient (Wildman–Crippen LogP) is 0.812. The molecule has 0 radical (unpaired) electrons. The van der Waals surface area contributed by atoms with Gasteiger partial charge in [0, 0.05) is 5.69 Å². The first-order valence-electron chi connectivity index (χ1n) is 5.08. The first-order chi connectivity index (χ1) is 8.12. The molecule has 0 amide bonds. The Labute approximate surface area is 99.6 Å². The van der Waals surface area contributed by atoms with Gasteiger partial charge in [0.15, 0.2) is 0 Å². The number of nitrogens with one attached hydrogen (secondary N) is 1. The molecule has 2 N–H and O–H groups in total. The highest BCUT2D eigenvalue weighted by atomic mass is 16.5. The lowest BCUT2D eigenvalue weighted by Gasteiger charge is -2.16. The van der Waals surface area contributed by atoms with Crippen molar-refractivity contribution in [3.8, 4) is 6.07 Å². The largest absolute Gasteiger partial charge is 0.467 e. The normalized spacial score (nSPS) is 11.4. The van der Waals surface area contributed by atoms with Crippen LogP contribution in [0.3, 0.4) is 0 Å². The summed E-state index contributed by atoms with van der Waals surface area (Å²) in [5.74, 6) is -0.531.